The Morgan fingerprint density at radius 2 is 1.57 bits per heavy atom. The van der Waals surface area contributed by atoms with Crippen LogP contribution < -0.4 is 0 Å². The van der Waals surface area contributed by atoms with Gasteiger partial charge in [0, 0.05) is 20.6 Å². The Hall–Kier alpha value is -0.160. The molecule has 1 atom stereocenters. The van der Waals surface area contributed by atoms with Crippen LogP contribution in [0.2, 0.25) is 0 Å². The first-order valence-corrected chi connectivity index (χ1v) is 4.83. The average Bonchev–Trinajstić information content (AvgIpc) is 2.17. The SMILES string of the molecule is COC(C)(CCCC(C)(O)CO)OC. The Balaban J connectivity index is 3.83. The van der Waals surface area contributed by atoms with Crippen LogP contribution in [0.5, 0.6) is 0 Å². The molecule has 0 rings (SSSR count). The van der Waals surface area contributed by atoms with Crippen molar-refractivity contribution in [1.29, 1.82) is 0 Å². The van der Waals surface area contributed by atoms with Gasteiger partial charge in [0.15, 0.2) is 5.79 Å². The number of ether oxygens (including phenoxy) is 2. The summed E-state index contributed by atoms with van der Waals surface area (Å²) in [6, 6.07) is 0. The fourth-order valence-electron chi connectivity index (χ4n) is 1.16. The predicted octanol–water partition coefficient (Wildman–Crippen LogP) is 0.909. The lowest BCUT2D eigenvalue weighted by Crippen LogP contribution is -2.32. The third-order valence-corrected chi connectivity index (χ3v) is 2.55. The van der Waals surface area contributed by atoms with E-state index < -0.39 is 11.4 Å². The summed E-state index contributed by atoms with van der Waals surface area (Å²) in [5, 5.41) is 18.4. The van der Waals surface area contributed by atoms with Crippen molar-refractivity contribution in [3.63, 3.8) is 0 Å². The van der Waals surface area contributed by atoms with Crippen molar-refractivity contribution in [2.24, 2.45) is 0 Å². The van der Waals surface area contributed by atoms with Crippen LogP contribution in [0.1, 0.15) is 33.1 Å². The Morgan fingerprint density at radius 1 is 1.07 bits per heavy atom. The molecule has 0 saturated heterocycles. The highest BCUT2D eigenvalue weighted by atomic mass is 16.7. The smallest absolute Gasteiger partial charge is 0.164 e. The molecule has 0 aromatic carbocycles. The van der Waals surface area contributed by atoms with E-state index in [0.717, 1.165) is 6.42 Å². The van der Waals surface area contributed by atoms with Gasteiger partial charge in [-0.05, 0) is 26.7 Å². The molecule has 2 N–H and O–H groups in total. The number of aliphatic hydroxyl groups is 2. The van der Waals surface area contributed by atoms with E-state index in [1.807, 2.05) is 6.92 Å². The maximum absolute atomic E-state index is 9.53. The van der Waals surface area contributed by atoms with Crippen LogP contribution in [0.15, 0.2) is 0 Å². The van der Waals surface area contributed by atoms with Gasteiger partial charge >= 0.3 is 0 Å². The second-order valence-electron chi connectivity index (χ2n) is 4.05. The molecule has 0 radical (unpaired) electrons. The van der Waals surface area contributed by atoms with Gasteiger partial charge in [-0.1, -0.05) is 0 Å². The first-order valence-electron chi connectivity index (χ1n) is 4.83. The summed E-state index contributed by atoms with van der Waals surface area (Å²) < 4.78 is 10.3. The van der Waals surface area contributed by atoms with Gasteiger partial charge in [0.2, 0.25) is 0 Å². The molecular weight excluding hydrogens is 184 g/mol. The molecule has 0 amide bonds. The monoisotopic (exact) mass is 206 g/mol. The minimum absolute atomic E-state index is 0.219. The molecule has 0 bridgehead atoms. The van der Waals surface area contributed by atoms with E-state index in [4.69, 9.17) is 14.6 Å². The van der Waals surface area contributed by atoms with E-state index in [9.17, 15) is 5.11 Å². The highest BCUT2D eigenvalue weighted by Gasteiger charge is 2.25. The molecule has 4 heteroatoms. The molecule has 0 aliphatic rings. The Kier molecular flexibility index (Phi) is 5.59. The maximum Gasteiger partial charge on any atom is 0.164 e. The molecule has 0 spiro atoms. The van der Waals surface area contributed by atoms with Gasteiger partial charge in [0.05, 0.1) is 12.2 Å². The quantitative estimate of drug-likeness (QED) is 0.608. The number of methoxy groups -OCH3 is 2. The Labute approximate surface area is 85.8 Å². The third-order valence-electron chi connectivity index (χ3n) is 2.55. The molecule has 0 aliphatic carbocycles. The van der Waals surface area contributed by atoms with Crippen molar-refractivity contribution >= 4 is 0 Å². The lowest BCUT2D eigenvalue weighted by Gasteiger charge is -2.28. The number of hydrogen-bond acceptors (Lipinski definition) is 4. The summed E-state index contributed by atoms with van der Waals surface area (Å²) in [6.45, 7) is 3.24. The zero-order valence-electron chi connectivity index (χ0n) is 9.54. The number of hydrogen-bond donors (Lipinski definition) is 2. The minimum atomic E-state index is -0.998. The first kappa shape index (κ1) is 13.8. The van der Waals surface area contributed by atoms with Crippen molar-refractivity contribution in [2.45, 2.75) is 44.5 Å². The fraction of sp³-hybridized carbons (Fsp3) is 1.00. The normalized spacial score (nSPS) is 16.7. The van der Waals surface area contributed by atoms with E-state index in [-0.39, 0.29) is 6.61 Å². The molecule has 0 fully saturated rings. The first-order chi connectivity index (χ1) is 6.39. The summed E-state index contributed by atoms with van der Waals surface area (Å²) in [6.07, 6.45) is 1.97. The molecule has 0 aromatic heterocycles. The molecule has 14 heavy (non-hydrogen) atoms. The van der Waals surface area contributed by atoms with Gasteiger partial charge in [-0.2, -0.15) is 0 Å². The van der Waals surface area contributed by atoms with Gasteiger partial charge < -0.3 is 19.7 Å². The van der Waals surface area contributed by atoms with E-state index in [2.05, 4.69) is 0 Å². The molecule has 0 saturated carbocycles. The van der Waals surface area contributed by atoms with E-state index >= 15 is 0 Å². The van der Waals surface area contributed by atoms with Crippen LogP contribution in [0.25, 0.3) is 0 Å². The molecule has 4 nitrogen and oxygen atoms in total. The second kappa shape index (κ2) is 5.66. The van der Waals surface area contributed by atoms with Crippen LogP contribution >= 0.6 is 0 Å². The highest BCUT2D eigenvalue weighted by Crippen LogP contribution is 2.21. The second-order valence-corrected chi connectivity index (χ2v) is 4.05. The van der Waals surface area contributed by atoms with E-state index in [1.165, 1.54) is 0 Å². The van der Waals surface area contributed by atoms with Crippen molar-refractivity contribution in [3.8, 4) is 0 Å². The lowest BCUT2D eigenvalue weighted by atomic mass is 9.98. The summed E-state index contributed by atoms with van der Waals surface area (Å²) in [5.41, 5.74) is -0.998. The zero-order valence-corrected chi connectivity index (χ0v) is 9.54. The van der Waals surface area contributed by atoms with Crippen LogP contribution in [-0.4, -0.2) is 42.4 Å². The fourth-order valence-corrected chi connectivity index (χ4v) is 1.16. The number of aliphatic hydroxyl groups excluding tert-OH is 1. The van der Waals surface area contributed by atoms with Crippen LogP contribution in [0.4, 0.5) is 0 Å². The summed E-state index contributed by atoms with van der Waals surface area (Å²) in [5.74, 6) is -0.592. The maximum atomic E-state index is 9.53. The molecule has 0 heterocycles. The molecular formula is C10H22O4. The molecule has 0 aliphatic heterocycles. The van der Waals surface area contributed by atoms with Crippen molar-refractivity contribution in [1.82, 2.24) is 0 Å². The van der Waals surface area contributed by atoms with Crippen LogP contribution in [-0.2, 0) is 9.47 Å². The summed E-state index contributed by atoms with van der Waals surface area (Å²) in [4.78, 5) is 0. The van der Waals surface area contributed by atoms with Crippen molar-refractivity contribution in [3.05, 3.63) is 0 Å². The van der Waals surface area contributed by atoms with E-state index in [1.54, 1.807) is 21.1 Å². The van der Waals surface area contributed by atoms with Crippen molar-refractivity contribution < 1.29 is 19.7 Å². The van der Waals surface area contributed by atoms with Gasteiger partial charge in [-0.25, -0.2) is 0 Å². The predicted molar refractivity (Wildman–Crippen MR) is 54.0 cm³/mol. The minimum Gasteiger partial charge on any atom is -0.393 e. The topological polar surface area (TPSA) is 58.9 Å². The Morgan fingerprint density at radius 3 is 1.93 bits per heavy atom. The average molecular weight is 206 g/mol. The van der Waals surface area contributed by atoms with Crippen molar-refractivity contribution in [2.75, 3.05) is 20.8 Å². The lowest BCUT2D eigenvalue weighted by molar-refractivity contribution is -0.199. The Bertz CT molecular complexity index is 152. The third kappa shape index (κ3) is 4.91. The van der Waals surface area contributed by atoms with Crippen LogP contribution in [0.3, 0.4) is 0 Å². The molecule has 1 unspecified atom stereocenters. The molecule has 86 valence electrons. The largest absolute Gasteiger partial charge is 0.393 e. The van der Waals surface area contributed by atoms with Gasteiger partial charge in [-0.15, -0.1) is 0 Å². The van der Waals surface area contributed by atoms with Gasteiger partial charge in [0.1, 0.15) is 0 Å². The van der Waals surface area contributed by atoms with E-state index in [0.29, 0.717) is 12.8 Å². The molecule has 0 aromatic rings. The van der Waals surface area contributed by atoms with Gasteiger partial charge in [0.25, 0.3) is 0 Å². The highest BCUT2D eigenvalue weighted by molar-refractivity contribution is 4.72. The zero-order chi connectivity index (χ0) is 11.2. The van der Waals surface area contributed by atoms with Gasteiger partial charge in [-0.3, -0.25) is 0 Å². The summed E-state index contributed by atoms with van der Waals surface area (Å²) in [7, 11) is 3.18. The van der Waals surface area contributed by atoms with Crippen LogP contribution in [0, 0.1) is 0 Å². The summed E-state index contributed by atoms with van der Waals surface area (Å²) >= 11 is 0. The number of rotatable bonds is 7. The standard InChI is InChI=1S/C10H22O4/c1-9(12,8-11)6-5-7-10(2,13-3)14-4/h11-12H,5-8H2,1-4H3.